The third-order valence-electron chi connectivity index (χ3n) is 2.58. The number of rotatable bonds is 5. The molecular formula is C12H14FN3O3S. The highest BCUT2D eigenvalue weighted by Gasteiger charge is 2.22. The molecule has 6 nitrogen and oxygen atoms in total. The van der Waals surface area contributed by atoms with Crippen LogP contribution in [0.3, 0.4) is 0 Å². The van der Waals surface area contributed by atoms with Gasteiger partial charge in [-0.3, -0.25) is 9.71 Å². The first-order valence-electron chi connectivity index (χ1n) is 5.80. The van der Waals surface area contributed by atoms with Gasteiger partial charge in [0.25, 0.3) is 10.0 Å². The van der Waals surface area contributed by atoms with Gasteiger partial charge >= 0.3 is 0 Å². The van der Waals surface area contributed by atoms with Gasteiger partial charge in [-0.15, -0.1) is 0 Å². The number of halogens is 1. The minimum Gasteiger partial charge on any atom is -0.464 e. The van der Waals surface area contributed by atoms with Crippen molar-refractivity contribution in [1.29, 1.82) is 0 Å². The lowest BCUT2D eigenvalue weighted by Gasteiger charge is -2.07. The molecule has 0 aliphatic heterocycles. The molecule has 0 unspecified atom stereocenters. The van der Waals surface area contributed by atoms with Crippen LogP contribution >= 0.6 is 0 Å². The Morgan fingerprint density at radius 3 is 2.85 bits per heavy atom. The maximum atomic E-state index is 13.4. The summed E-state index contributed by atoms with van der Waals surface area (Å²) in [5, 5.41) is 2.86. The van der Waals surface area contributed by atoms with Crippen LogP contribution < -0.4 is 10.0 Å². The number of nitrogens with zero attached hydrogens (tertiary/aromatic N) is 1. The molecule has 20 heavy (non-hydrogen) atoms. The molecule has 2 rings (SSSR count). The van der Waals surface area contributed by atoms with Crippen molar-refractivity contribution in [2.45, 2.75) is 18.4 Å². The second kappa shape index (κ2) is 5.59. The first-order valence-corrected chi connectivity index (χ1v) is 7.28. The van der Waals surface area contributed by atoms with Crippen molar-refractivity contribution in [3.63, 3.8) is 0 Å². The van der Waals surface area contributed by atoms with Crippen LogP contribution in [0.15, 0.2) is 33.8 Å². The van der Waals surface area contributed by atoms with E-state index in [4.69, 9.17) is 4.42 Å². The van der Waals surface area contributed by atoms with Crippen molar-refractivity contribution in [1.82, 2.24) is 10.3 Å². The molecule has 0 atom stereocenters. The fourth-order valence-corrected chi connectivity index (χ4v) is 2.98. The van der Waals surface area contributed by atoms with Crippen molar-refractivity contribution in [3.05, 3.63) is 41.9 Å². The number of aryl methyl sites for hydroxylation is 1. The van der Waals surface area contributed by atoms with E-state index in [9.17, 15) is 12.8 Å². The largest absolute Gasteiger partial charge is 0.464 e. The number of nitrogens with one attached hydrogen (secondary N) is 2. The lowest BCUT2D eigenvalue weighted by Crippen LogP contribution is -2.14. The number of hydrogen-bond donors (Lipinski definition) is 2. The summed E-state index contributed by atoms with van der Waals surface area (Å²) in [5.41, 5.74) is -0.157. The molecule has 0 bridgehead atoms. The molecule has 0 radical (unpaired) electrons. The monoisotopic (exact) mass is 299 g/mol. The minimum atomic E-state index is -3.90. The third kappa shape index (κ3) is 2.97. The van der Waals surface area contributed by atoms with Crippen LogP contribution in [0.2, 0.25) is 0 Å². The SMILES string of the molecule is CNCc1cc(S(=O)(=O)Nc2ccncc2F)c(C)o1. The van der Waals surface area contributed by atoms with Crippen LogP contribution in [-0.4, -0.2) is 20.4 Å². The standard InChI is InChI=1S/C12H14FN3O3S/c1-8-12(5-9(19-8)6-14-2)20(17,18)16-11-3-4-15-7-10(11)13/h3-5,7,14H,6H2,1-2H3,(H,15,16). The van der Waals surface area contributed by atoms with Gasteiger partial charge in [0, 0.05) is 12.3 Å². The Bertz CT molecular complexity index is 712. The van der Waals surface area contributed by atoms with E-state index < -0.39 is 15.8 Å². The number of furan rings is 1. The summed E-state index contributed by atoms with van der Waals surface area (Å²) in [4.78, 5) is 3.54. The topological polar surface area (TPSA) is 84.2 Å². The summed E-state index contributed by atoms with van der Waals surface area (Å²) in [6, 6.07) is 2.66. The van der Waals surface area contributed by atoms with Gasteiger partial charge in [0.1, 0.15) is 16.4 Å². The normalized spacial score (nSPS) is 11.6. The van der Waals surface area contributed by atoms with E-state index in [0.29, 0.717) is 12.3 Å². The predicted molar refractivity (Wildman–Crippen MR) is 71.2 cm³/mol. The molecule has 2 aromatic rings. The molecule has 0 fully saturated rings. The molecule has 2 heterocycles. The van der Waals surface area contributed by atoms with Crippen molar-refractivity contribution < 1.29 is 17.2 Å². The maximum absolute atomic E-state index is 13.4. The third-order valence-corrected chi connectivity index (χ3v) is 4.05. The van der Waals surface area contributed by atoms with Crippen LogP contribution in [-0.2, 0) is 16.6 Å². The van der Waals surface area contributed by atoms with E-state index in [1.807, 2.05) is 0 Å². The first kappa shape index (κ1) is 14.5. The zero-order chi connectivity index (χ0) is 14.8. The molecule has 0 amide bonds. The quantitative estimate of drug-likeness (QED) is 0.877. The zero-order valence-electron chi connectivity index (χ0n) is 11.0. The highest BCUT2D eigenvalue weighted by molar-refractivity contribution is 7.92. The molecule has 8 heteroatoms. The van der Waals surface area contributed by atoms with E-state index >= 15 is 0 Å². The average Bonchev–Trinajstić information content (AvgIpc) is 2.74. The Labute approximate surface area is 116 Å². The Kier molecular flexibility index (Phi) is 4.05. The van der Waals surface area contributed by atoms with Gasteiger partial charge in [-0.2, -0.15) is 0 Å². The Hall–Kier alpha value is -1.93. The van der Waals surface area contributed by atoms with Crippen LogP contribution in [0, 0.1) is 12.7 Å². The number of anilines is 1. The Balaban J connectivity index is 2.33. The summed E-state index contributed by atoms with van der Waals surface area (Å²) >= 11 is 0. The van der Waals surface area contributed by atoms with E-state index in [1.54, 1.807) is 7.05 Å². The maximum Gasteiger partial charge on any atom is 0.265 e. The van der Waals surface area contributed by atoms with Gasteiger partial charge in [-0.05, 0) is 20.0 Å². The first-order chi connectivity index (χ1) is 9.44. The second-order valence-electron chi connectivity index (χ2n) is 4.12. The van der Waals surface area contributed by atoms with Crippen LogP contribution in [0.4, 0.5) is 10.1 Å². The summed E-state index contributed by atoms with van der Waals surface area (Å²) in [6.45, 7) is 1.94. The highest BCUT2D eigenvalue weighted by atomic mass is 32.2. The van der Waals surface area contributed by atoms with Crippen molar-refractivity contribution >= 4 is 15.7 Å². The van der Waals surface area contributed by atoms with Crippen molar-refractivity contribution in [2.75, 3.05) is 11.8 Å². The van der Waals surface area contributed by atoms with Crippen molar-refractivity contribution in [3.8, 4) is 0 Å². The minimum absolute atomic E-state index is 0.0148. The Morgan fingerprint density at radius 2 is 2.20 bits per heavy atom. The molecule has 0 aromatic carbocycles. The summed E-state index contributed by atoms with van der Waals surface area (Å²) in [6.07, 6.45) is 2.24. The summed E-state index contributed by atoms with van der Waals surface area (Å²) < 4.78 is 45.4. The zero-order valence-corrected chi connectivity index (χ0v) is 11.8. The summed E-state index contributed by atoms with van der Waals surface area (Å²) in [7, 11) is -2.18. The smallest absolute Gasteiger partial charge is 0.265 e. The van der Waals surface area contributed by atoms with Gasteiger partial charge in [0.2, 0.25) is 0 Å². The molecule has 0 aliphatic carbocycles. The van der Waals surface area contributed by atoms with Crippen LogP contribution in [0.5, 0.6) is 0 Å². The van der Waals surface area contributed by atoms with Gasteiger partial charge in [0.05, 0.1) is 18.4 Å². The van der Waals surface area contributed by atoms with Crippen LogP contribution in [0.25, 0.3) is 0 Å². The van der Waals surface area contributed by atoms with Gasteiger partial charge in [-0.25, -0.2) is 12.8 Å². The van der Waals surface area contributed by atoms with E-state index in [2.05, 4.69) is 15.0 Å². The van der Waals surface area contributed by atoms with Gasteiger partial charge in [-0.1, -0.05) is 0 Å². The predicted octanol–water partition coefficient (Wildman–Crippen LogP) is 1.64. The lowest BCUT2D eigenvalue weighted by molar-refractivity contribution is 0.466. The molecule has 0 aliphatic rings. The molecule has 0 saturated heterocycles. The molecular weight excluding hydrogens is 285 g/mol. The molecule has 0 spiro atoms. The summed E-state index contributed by atoms with van der Waals surface area (Å²) in [5.74, 6) is -0.00883. The van der Waals surface area contributed by atoms with Gasteiger partial charge in [0.15, 0.2) is 5.82 Å². The van der Waals surface area contributed by atoms with Crippen molar-refractivity contribution in [2.24, 2.45) is 0 Å². The fraction of sp³-hybridized carbons (Fsp3) is 0.250. The highest BCUT2D eigenvalue weighted by Crippen LogP contribution is 2.23. The molecule has 2 aromatic heterocycles. The second-order valence-corrected chi connectivity index (χ2v) is 5.78. The van der Waals surface area contributed by atoms with Gasteiger partial charge < -0.3 is 9.73 Å². The van der Waals surface area contributed by atoms with E-state index in [0.717, 1.165) is 6.20 Å². The van der Waals surface area contributed by atoms with E-state index in [-0.39, 0.29) is 16.3 Å². The number of aromatic nitrogens is 1. The Morgan fingerprint density at radius 1 is 1.45 bits per heavy atom. The lowest BCUT2D eigenvalue weighted by atomic mass is 10.4. The molecule has 0 saturated carbocycles. The molecule has 108 valence electrons. The number of hydrogen-bond acceptors (Lipinski definition) is 5. The number of sulfonamides is 1. The molecule has 2 N–H and O–H groups in total. The average molecular weight is 299 g/mol. The fourth-order valence-electron chi connectivity index (χ4n) is 1.71. The van der Waals surface area contributed by atoms with E-state index in [1.165, 1.54) is 25.3 Å². The number of pyridine rings is 1. The van der Waals surface area contributed by atoms with Crippen LogP contribution in [0.1, 0.15) is 11.5 Å².